The Morgan fingerprint density at radius 2 is 2.00 bits per heavy atom. The van der Waals surface area contributed by atoms with Gasteiger partial charge in [0, 0.05) is 12.6 Å². The largest absolute Gasteiger partial charge is 0.335 e. The third-order valence-electron chi connectivity index (χ3n) is 3.75. The van der Waals surface area contributed by atoms with Gasteiger partial charge in [0.05, 0.1) is 10.5 Å². The minimum atomic E-state index is -3.89. The van der Waals surface area contributed by atoms with Gasteiger partial charge in [0.25, 0.3) is 5.91 Å². The first-order chi connectivity index (χ1) is 9.32. The van der Waals surface area contributed by atoms with Crippen LogP contribution in [0.4, 0.5) is 0 Å². The van der Waals surface area contributed by atoms with Crippen LogP contribution in [0, 0.1) is 5.92 Å². The van der Waals surface area contributed by atoms with Crippen molar-refractivity contribution in [3.05, 3.63) is 29.8 Å². The molecule has 2 rings (SSSR count). The highest BCUT2D eigenvalue weighted by Gasteiger charge is 2.33. The fourth-order valence-electron chi connectivity index (χ4n) is 2.78. The molecular weight excluding hydrogens is 276 g/mol. The molecule has 110 valence electrons. The van der Waals surface area contributed by atoms with Crippen LogP contribution >= 0.6 is 0 Å². The van der Waals surface area contributed by atoms with Crippen LogP contribution in [0.3, 0.4) is 0 Å². The number of nitrogens with zero attached hydrogens (tertiary/aromatic N) is 1. The summed E-state index contributed by atoms with van der Waals surface area (Å²) in [4.78, 5) is 14.3. The van der Waals surface area contributed by atoms with Crippen molar-refractivity contribution in [1.82, 2.24) is 4.90 Å². The van der Waals surface area contributed by atoms with Crippen molar-refractivity contribution < 1.29 is 13.2 Å². The molecule has 1 fully saturated rings. The Labute approximate surface area is 119 Å². The van der Waals surface area contributed by atoms with Gasteiger partial charge in [-0.15, -0.1) is 0 Å². The van der Waals surface area contributed by atoms with Crippen molar-refractivity contribution in [3.63, 3.8) is 0 Å². The van der Waals surface area contributed by atoms with Gasteiger partial charge in [-0.3, -0.25) is 4.79 Å². The number of hydrogen-bond donors (Lipinski definition) is 1. The normalized spacial score (nSPS) is 19.6. The van der Waals surface area contributed by atoms with Gasteiger partial charge in [0.1, 0.15) is 0 Å². The molecule has 0 radical (unpaired) electrons. The number of nitrogens with two attached hydrogens (primary N) is 1. The molecule has 20 heavy (non-hydrogen) atoms. The Bertz CT molecular complexity index is 611. The molecule has 1 aromatic carbocycles. The van der Waals surface area contributed by atoms with E-state index in [1.54, 1.807) is 17.0 Å². The number of sulfonamides is 1. The minimum absolute atomic E-state index is 0.0978. The van der Waals surface area contributed by atoms with Crippen LogP contribution < -0.4 is 5.14 Å². The molecule has 0 aliphatic carbocycles. The van der Waals surface area contributed by atoms with E-state index in [0.717, 1.165) is 12.8 Å². The molecule has 1 aromatic rings. The summed E-state index contributed by atoms with van der Waals surface area (Å²) in [5.74, 6) is 0.105. The van der Waals surface area contributed by atoms with Gasteiger partial charge >= 0.3 is 0 Å². The number of carbonyl (C=O) groups is 1. The van der Waals surface area contributed by atoms with Crippen LogP contribution in [0.5, 0.6) is 0 Å². The average Bonchev–Trinajstić information content (AvgIpc) is 2.86. The molecule has 5 nitrogen and oxygen atoms in total. The first-order valence-corrected chi connectivity index (χ1v) is 8.30. The lowest BCUT2D eigenvalue weighted by molar-refractivity contribution is 0.0697. The van der Waals surface area contributed by atoms with Crippen LogP contribution in [0.25, 0.3) is 0 Å². The maximum Gasteiger partial charge on any atom is 0.255 e. The van der Waals surface area contributed by atoms with E-state index in [2.05, 4.69) is 13.8 Å². The van der Waals surface area contributed by atoms with Crippen molar-refractivity contribution >= 4 is 15.9 Å². The fourth-order valence-corrected chi connectivity index (χ4v) is 3.51. The SMILES string of the molecule is CC(C)C1CCCN1C(=O)c1ccccc1S(N)(=O)=O. The van der Waals surface area contributed by atoms with Crippen LogP contribution in [0.15, 0.2) is 29.2 Å². The molecule has 6 heteroatoms. The second-order valence-corrected chi connectivity index (χ2v) is 7.02. The summed E-state index contributed by atoms with van der Waals surface area (Å²) in [6.45, 7) is 4.81. The lowest BCUT2D eigenvalue weighted by Gasteiger charge is -2.28. The van der Waals surface area contributed by atoms with Gasteiger partial charge in [-0.05, 0) is 30.9 Å². The molecule has 1 heterocycles. The standard InChI is InChI=1S/C14H20N2O3S/c1-10(2)12-7-5-9-16(12)14(17)11-6-3-4-8-13(11)20(15,18)19/h3-4,6,8,10,12H,5,7,9H2,1-2H3,(H2,15,18,19). The zero-order chi connectivity index (χ0) is 14.9. The minimum Gasteiger partial charge on any atom is -0.335 e. The third kappa shape index (κ3) is 2.86. The maximum absolute atomic E-state index is 12.6. The highest BCUT2D eigenvalue weighted by Crippen LogP contribution is 2.27. The molecule has 2 N–H and O–H groups in total. The monoisotopic (exact) mass is 296 g/mol. The van der Waals surface area contributed by atoms with E-state index in [4.69, 9.17) is 5.14 Å². The molecule has 1 amide bonds. The van der Waals surface area contributed by atoms with Crippen LogP contribution in [0.2, 0.25) is 0 Å². The summed E-state index contributed by atoms with van der Waals surface area (Å²) in [6, 6.07) is 6.29. The molecule has 1 unspecified atom stereocenters. The fraction of sp³-hybridized carbons (Fsp3) is 0.500. The van der Waals surface area contributed by atoms with Crippen molar-refractivity contribution in [3.8, 4) is 0 Å². The molecule has 1 aliphatic rings. The number of rotatable bonds is 3. The van der Waals surface area contributed by atoms with Gasteiger partial charge in [-0.25, -0.2) is 13.6 Å². The number of carbonyl (C=O) groups excluding carboxylic acids is 1. The second kappa shape index (κ2) is 5.54. The lowest BCUT2D eigenvalue weighted by Crippen LogP contribution is -2.39. The van der Waals surface area contributed by atoms with E-state index in [-0.39, 0.29) is 22.4 Å². The Morgan fingerprint density at radius 1 is 1.35 bits per heavy atom. The van der Waals surface area contributed by atoms with Crippen molar-refractivity contribution in [2.24, 2.45) is 11.1 Å². The molecular formula is C14H20N2O3S. The van der Waals surface area contributed by atoms with Gasteiger partial charge in [-0.2, -0.15) is 0 Å². The molecule has 0 bridgehead atoms. The Hall–Kier alpha value is -1.40. The van der Waals surface area contributed by atoms with Crippen molar-refractivity contribution in [2.75, 3.05) is 6.54 Å². The summed E-state index contributed by atoms with van der Waals surface area (Å²) in [5, 5.41) is 5.19. The lowest BCUT2D eigenvalue weighted by atomic mass is 10.0. The van der Waals surface area contributed by atoms with E-state index in [1.807, 2.05) is 0 Å². The molecule has 0 aromatic heterocycles. The Balaban J connectivity index is 2.40. The Morgan fingerprint density at radius 3 is 2.60 bits per heavy atom. The second-order valence-electron chi connectivity index (χ2n) is 5.49. The smallest absolute Gasteiger partial charge is 0.255 e. The topological polar surface area (TPSA) is 80.5 Å². The van der Waals surface area contributed by atoms with E-state index in [9.17, 15) is 13.2 Å². The van der Waals surface area contributed by atoms with Crippen LogP contribution in [0.1, 0.15) is 37.0 Å². The number of likely N-dealkylation sites (tertiary alicyclic amines) is 1. The molecule has 0 saturated carbocycles. The zero-order valence-corrected chi connectivity index (χ0v) is 12.6. The van der Waals surface area contributed by atoms with Gasteiger partial charge in [-0.1, -0.05) is 26.0 Å². The van der Waals surface area contributed by atoms with E-state index in [1.165, 1.54) is 12.1 Å². The van der Waals surface area contributed by atoms with E-state index in [0.29, 0.717) is 12.5 Å². The van der Waals surface area contributed by atoms with E-state index >= 15 is 0 Å². The van der Waals surface area contributed by atoms with Crippen molar-refractivity contribution in [2.45, 2.75) is 37.6 Å². The molecule has 0 spiro atoms. The molecule has 1 atom stereocenters. The summed E-state index contributed by atoms with van der Waals surface area (Å²) >= 11 is 0. The predicted octanol–water partition coefficient (Wildman–Crippen LogP) is 1.59. The summed E-state index contributed by atoms with van der Waals surface area (Å²) in [7, 11) is -3.89. The summed E-state index contributed by atoms with van der Waals surface area (Å²) < 4.78 is 23.2. The highest BCUT2D eigenvalue weighted by atomic mass is 32.2. The number of primary sulfonamides is 1. The Kier molecular flexibility index (Phi) is 4.15. The first-order valence-electron chi connectivity index (χ1n) is 6.75. The van der Waals surface area contributed by atoms with Gasteiger partial charge < -0.3 is 4.90 Å². The first kappa shape index (κ1) is 15.0. The number of amides is 1. The highest BCUT2D eigenvalue weighted by molar-refractivity contribution is 7.89. The number of benzene rings is 1. The van der Waals surface area contributed by atoms with Gasteiger partial charge in [0.2, 0.25) is 10.0 Å². The molecule has 1 saturated heterocycles. The molecule has 1 aliphatic heterocycles. The predicted molar refractivity (Wildman–Crippen MR) is 76.7 cm³/mol. The third-order valence-corrected chi connectivity index (χ3v) is 4.72. The van der Waals surface area contributed by atoms with Gasteiger partial charge in [0.15, 0.2) is 0 Å². The maximum atomic E-state index is 12.6. The van der Waals surface area contributed by atoms with Crippen LogP contribution in [-0.2, 0) is 10.0 Å². The average molecular weight is 296 g/mol. The summed E-state index contributed by atoms with van der Waals surface area (Å²) in [5.41, 5.74) is 0.169. The summed E-state index contributed by atoms with van der Waals surface area (Å²) in [6.07, 6.45) is 1.91. The number of hydrogen-bond acceptors (Lipinski definition) is 3. The van der Waals surface area contributed by atoms with Crippen LogP contribution in [-0.4, -0.2) is 31.8 Å². The van der Waals surface area contributed by atoms with E-state index < -0.39 is 10.0 Å². The van der Waals surface area contributed by atoms with Crippen molar-refractivity contribution in [1.29, 1.82) is 0 Å². The quantitative estimate of drug-likeness (QED) is 0.920. The zero-order valence-electron chi connectivity index (χ0n) is 11.7.